The molecule has 0 saturated heterocycles. The van der Waals surface area contributed by atoms with Crippen LogP contribution in [-0.4, -0.2) is 54.3 Å². The Labute approximate surface area is 222 Å². The summed E-state index contributed by atoms with van der Waals surface area (Å²) < 4.78 is 14.7. The first-order valence-corrected chi connectivity index (χ1v) is 12.4. The van der Waals surface area contributed by atoms with Crippen LogP contribution >= 0.6 is 31.9 Å². The van der Waals surface area contributed by atoms with Crippen molar-refractivity contribution in [3.8, 4) is 11.1 Å². The number of hydrogen-bond donors (Lipinski definition) is 0. The summed E-state index contributed by atoms with van der Waals surface area (Å²) in [5.41, 5.74) is 3.69. The van der Waals surface area contributed by atoms with E-state index >= 15 is 0 Å². The van der Waals surface area contributed by atoms with Gasteiger partial charge in [-0.25, -0.2) is 28.6 Å². The van der Waals surface area contributed by atoms with Gasteiger partial charge in [0.15, 0.2) is 22.7 Å². The van der Waals surface area contributed by atoms with Crippen LogP contribution in [0.4, 0.5) is 0 Å². The summed E-state index contributed by atoms with van der Waals surface area (Å²) in [5, 5.41) is 8.25. The normalized spacial score (nSPS) is 10.7. The standard InChI is InChI=1S/C15H12BrN3O2.C9H8BrN3O2/c1-2-21-15(20)13-7-14-17-8-11(9-19(14)18-13)10-4-3-5-12(16)6-10;1-2-15-9(14)7-3-8-11-4-6(10)5-13(8)12-7/h3-9H,2H2,1H3;3-5H,2H2,1H3. The molecule has 4 heterocycles. The average Bonchev–Trinajstić information content (AvgIpc) is 3.48. The molecule has 0 amide bonds. The van der Waals surface area contributed by atoms with Crippen molar-refractivity contribution < 1.29 is 19.1 Å². The highest BCUT2D eigenvalue weighted by atomic mass is 79.9. The van der Waals surface area contributed by atoms with E-state index < -0.39 is 11.9 Å². The zero-order valence-electron chi connectivity index (χ0n) is 19.3. The highest BCUT2D eigenvalue weighted by Gasteiger charge is 2.13. The van der Waals surface area contributed by atoms with Gasteiger partial charge in [-0.15, -0.1) is 0 Å². The molecule has 0 spiro atoms. The Morgan fingerprint density at radius 3 is 1.94 bits per heavy atom. The Bertz CT molecular complexity index is 1550. The number of carbonyl (C=O) groups excluding carboxylic acids is 2. The first-order chi connectivity index (χ1) is 17.4. The van der Waals surface area contributed by atoms with Crippen molar-refractivity contribution in [3.63, 3.8) is 0 Å². The number of rotatable bonds is 5. The molecule has 0 radical (unpaired) electrons. The third-order valence-electron chi connectivity index (χ3n) is 4.72. The third-order valence-corrected chi connectivity index (χ3v) is 5.62. The van der Waals surface area contributed by atoms with Crippen molar-refractivity contribution in [3.05, 3.63) is 81.5 Å². The second-order valence-corrected chi connectivity index (χ2v) is 9.06. The van der Waals surface area contributed by atoms with E-state index in [0.29, 0.717) is 24.5 Å². The van der Waals surface area contributed by atoms with Gasteiger partial charge < -0.3 is 9.47 Å². The van der Waals surface area contributed by atoms with Crippen LogP contribution in [-0.2, 0) is 9.47 Å². The Balaban J connectivity index is 0.000000179. The molecule has 184 valence electrons. The van der Waals surface area contributed by atoms with E-state index in [1.54, 1.807) is 49.1 Å². The summed E-state index contributed by atoms with van der Waals surface area (Å²) >= 11 is 6.72. The number of halogens is 2. The Kier molecular flexibility index (Phi) is 8.06. The van der Waals surface area contributed by atoms with Gasteiger partial charge in [-0.3, -0.25) is 0 Å². The van der Waals surface area contributed by atoms with Gasteiger partial charge in [0.1, 0.15) is 0 Å². The molecule has 1 aromatic carbocycles. The van der Waals surface area contributed by atoms with Crippen molar-refractivity contribution >= 4 is 55.1 Å². The van der Waals surface area contributed by atoms with Crippen LogP contribution in [0.3, 0.4) is 0 Å². The van der Waals surface area contributed by atoms with Crippen molar-refractivity contribution in [2.45, 2.75) is 13.8 Å². The predicted octanol–water partition coefficient (Wildman–Crippen LogP) is 5.00. The molecular formula is C24H20Br2N6O4. The fraction of sp³-hybridized carbons (Fsp3) is 0.167. The fourth-order valence-electron chi connectivity index (χ4n) is 3.16. The van der Waals surface area contributed by atoms with Crippen LogP contribution in [0.25, 0.3) is 22.4 Å². The highest BCUT2D eigenvalue weighted by Crippen LogP contribution is 2.22. The number of ether oxygens (including phenoxy) is 2. The van der Waals surface area contributed by atoms with Gasteiger partial charge in [-0.05, 0) is 47.5 Å². The molecule has 0 fully saturated rings. The summed E-state index contributed by atoms with van der Waals surface area (Å²) in [6.07, 6.45) is 6.97. The molecule has 4 aromatic heterocycles. The van der Waals surface area contributed by atoms with E-state index in [4.69, 9.17) is 9.47 Å². The minimum atomic E-state index is -0.438. The molecule has 0 bridgehead atoms. The monoisotopic (exact) mass is 614 g/mol. The molecule has 0 aliphatic heterocycles. The maximum absolute atomic E-state index is 11.7. The molecule has 10 nitrogen and oxygen atoms in total. The quantitative estimate of drug-likeness (QED) is 0.254. The zero-order chi connectivity index (χ0) is 25.7. The number of hydrogen-bond acceptors (Lipinski definition) is 8. The van der Waals surface area contributed by atoms with Gasteiger partial charge >= 0.3 is 11.9 Å². The Morgan fingerprint density at radius 2 is 1.36 bits per heavy atom. The van der Waals surface area contributed by atoms with E-state index in [0.717, 1.165) is 20.1 Å². The molecule has 0 aliphatic carbocycles. The lowest BCUT2D eigenvalue weighted by Gasteiger charge is -2.02. The van der Waals surface area contributed by atoms with E-state index in [-0.39, 0.29) is 11.4 Å². The van der Waals surface area contributed by atoms with Gasteiger partial charge in [0.2, 0.25) is 0 Å². The minimum Gasteiger partial charge on any atom is -0.461 e. The molecule has 0 saturated carbocycles. The second kappa shape index (κ2) is 11.4. The Hall–Kier alpha value is -3.64. The number of esters is 2. The van der Waals surface area contributed by atoms with Crippen molar-refractivity contribution in [2.75, 3.05) is 13.2 Å². The maximum Gasteiger partial charge on any atom is 0.358 e. The van der Waals surface area contributed by atoms with Crippen LogP contribution in [0.15, 0.2) is 70.1 Å². The van der Waals surface area contributed by atoms with E-state index in [2.05, 4.69) is 52.0 Å². The van der Waals surface area contributed by atoms with Gasteiger partial charge in [0, 0.05) is 47.0 Å². The van der Waals surface area contributed by atoms with Gasteiger partial charge in [-0.1, -0.05) is 28.1 Å². The molecule has 36 heavy (non-hydrogen) atoms. The molecular weight excluding hydrogens is 596 g/mol. The van der Waals surface area contributed by atoms with Gasteiger partial charge in [0.25, 0.3) is 0 Å². The van der Waals surface area contributed by atoms with Crippen LogP contribution in [0.1, 0.15) is 34.8 Å². The van der Waals surface area contributed by atoms with Crippen molar-refractivity contribution in [2.24, 2.45) is 0 Å². The molecule has 12 heteroatoms. The highest BCUT2D eigenvalue weighted by molar-refractivity contribution is 9.10. The van der Waals surface area contributed by atoms with Crippen LogP contribution < -0.4 is 0 Å². The summed E-state index contributed by atoms with van der Waals surface area (Å²) in [5.74, 6) is -0.869. The van der Waals surface area contributed by atoms with Gasteiger partial charge in [-0.2, -0.15) is 10.2 Å². The molecule has 5 aromatic rings. The maximum atomic E-state index is 11.7. The summed E-state index contributed by atoms with van der Waals surface area (Å²) in [7, 11) is 0. The number of fused-ring (bicyclic) bond motifs is 2. The van der Waals surface area contributed by atoms with Crippen molar-refractivity contribution in [1.29, 1.82) is 0 Å². The SMILES string of the molecule is CCOC(=O)c1cc2ncc(-c3cccc(Br)c3)cn2n1.CCOC(=O)c1cc2ncc(Br)cn2n1. The summed E-state index contributed by atoms with van der Waals surface area (Å²) in [6.45, 7) is 4.17. The number of carbonyl (C=O) groups is 2. The number of benzene rings is 1. The minimum absolute atomic E-state index is 0.260. The largest absolute Gasteiger partial charge is 0.461 e. The molecule has 0 aliphatic rings. The molecule has 0 atom stereocenters. The van der Waals surface area contributed by atoms with Crippen molar-refractivity contribution in [1.82, 2.24) is 29.2 Å². The summed E-state index contributed by atoms with van der Waals surface area (Å²) in [4.78, 5) is 31.5. The second-order valence-electron chi connectivity index (χ2n) is 7.23. The number of nitrogens with zero attached hydrogens (tertiary/aromatic N) is 6. The van der Waals surface area contributed by atoms with E-state index in [9.17, 15) is 9.59 Å². The number of aromatic nitrogens is 6. The molecule has 5 rings (SSSR count). The smallest absolute Gasteiger partial charge is 0.358 e. The first kappa shape index (κ1) is 25.5. The average molecular weight is 616 g/mol. The van der Waals surface area contributed by atoms with Crippen LogP contribution in [0, 0.1) is 0 Å². The lowest BCUT2D eigenvalue weighted by molar-refractivity contribution is 0.0509. The van der Waals surface area contributed by atoms with E-state index in [1.807, 2.05) is 30.5 Å². The fourth-order valence-corrected chi connectivity index (χ4v) is 3.85. The van der Waals surface area contributed by atoms with Crippen LogP contribution in [0.2, 0.25) is 0 Å². The third kappa shape index (κ3) is 5.94. The molecule has 0 N–H and O–H groups in total. The van der Waals surface area contributed by atoms with E-state index in [1.165, 1.54) is 4.52 Å². The predicted molar refractivity (Wildman–Crippen MR) is 139 cm³/mol. The molecule has 0 unspecified atom stereocenters. The Morgan fingerprint density at radius 1 is 0.778 bits per heavy atom. The summed E-state index contributed by atoms with van der Waals surface area (Å²) in [6, 6.07) is 11.1. The van der Waals surface area contributed by atoms with Gasteiger partial charge in [0.05, 0.1) is 17.7 Å². The lowest BCUT2D eigenvalue weighted by Crippen LogP contribution is -2.05. The zero-order valence-corrected chi connectivity index (χ0v) is 22.4. The lowest BCUT2D eigenvalue weighted by atomic mass is 10.1. The first-order valence-electron chi connectivity index (χ1n) is 10.8. The van der Waals surface area contributed by atoms with Crippen LogP contribution in [0.5, 0.6) is 0 Å². The topological polar surface area (TPSA) is 113 Å².